The lowest BCUT2D eigenvalue weighted by atomic mass is 10.0. The third kappa shape index (κ3) is 6.13. The van der Waals surface area contributed by atoms with Crippen molar-refractivity contribution in [3.63, 3.8) is 0 Å². The van der Waals surface area contributed by atoms with Crippen molar-refractivity contribution in [3.05, 3.63) is 105 Å². The largest absolute Gasteiger partial charge is 0.496 e. The first-order chi connectivity index (χ1) is 19.3. The number of fused-ring (bicyclic) bond motifs is 2. The predicted molar refractivity (Wildman–Crippen MR) is 168 cm³/mol. The van der Waals surface area contributed by atoms with E-state index >= 15 is 0 Å². The summed E-state index contributed by atoms with van der Waals surface area (Å²) in [5.74, 6) is 0.928. The summed E-state index contributed by atoms with van der Waals surface area (Å²) < 4.78 is 13.0. The van der Waals surface area contributed by atoms with Crippen LogP contribution in [0.4, 0.5) is 11.4 Å². The molecular formula is C32H26Br2N2O4. The minimum absolute atomic E-state index is 0.135. The maximum absolute atomic E-state index is 13.1. The summed E-state index contributed by atoms with van der Waals surface area (Å²) in [6.45, 7) is 0. The van der Waals surface area contributed by atoms with Gasteiger partial charge in [-0.1, -0.05) is 62.2 Å². The van der Waals surface area contributed by atoms with Gasteiger partial charge in [-0.3, -0.25) is 9.59 Å². The van der Waals surface area contributed by atoms with Gasteiger partial charge in [0.15, 0.2) is 0 Å². The van der Waals surface area contributed by atoms with E-state index < -0.39 is 0 Å². The Labute approximate surface area is 248 Å². The predicted octanol–water partition coefficient (Wildman–Crippen LogP) is 7.90. The zero-order valence-electron chi connectivity index (χ0n) is 21.9. The zero-order chi connectivity index (χ0) is 28.2. The highest BCUT2D eigenvalue weighted by molar-refractivity contribution is 9.10. The van der Waals surface area contributed by atoms with Crippen molar-refractivity contribution in [2.45, 2.75) is 12.8 Å². The van der Waals surface area contributed by atoms with Crippen molar-refractivity contribution in [2.75, 3.05) is 24.9 Å². The van der Waals surface area contributed by atoms with Gasteiger partial charge in [-0.15, -0.1) is 0 Å². The number of anilines is 2. The van der Waals surface area contributed by atoms with Crippen molar-refractivity contribution in [2.24, 2.45) is 0 Å². The average Bonchev–Trinajstić information content (AvgIpc) is 2.93. The Morgan fingerprint density at radius 1 is 0.625 bits per heavy atom. The van der Waals surface area contributed by atoms with Gasteiger partial charge < -0.3 is 20.1 Å². The molecule has 2 amide bonds. The van der Waals surface area contributed by atoms with Gasteiger partial charge >= 0.3 is 0 Å². The van der Waals surface area contributed by atoms with E-state index in [0.717, 1.165) is 41.6 Å². The van der Waals surface area contributed by atoms with Gasteiger partial charge in [0.2, 0.25) is 11.8 Å². The standard InChI is InChI=1S/C32H26Br2N2O4/c1-39-29-12-6-19-14-21(33)8-10-25(19)27(29)17-31(37)35-23-4-3-5-24(16-23)36-32(38)18-28-26-11-9-22(34)15-20(26)7-13-30(28)40-2/h3-16H,17-18H2,1-2H3,(H,35,37)(H,36,38). The zero-order valence-corrected chi connectivity index (χ0v) is 25.1. The molecule has 0 spiro atoms. The first-order valence-electron chi connectivity index (χ1n) is 12.5. The monoisotopic (exact) mass is 660 g/mol. The van der Waals surface area contributed by atoms with Crippen LogP contribution in [0.25, 0.3) is 21.5 Å². The summed E-state index contributed by atoms with van der Waals surface area (Å²) in [6, 6.07) is 26.7. The van der Waals surface area contributed by atoms with Crippen LogP contribution >= 0.6 is 31.9 Å². The molecule has 0 saturated carbocycles. The van der Waals surface area contributed by atoms with Crippen LogP contribution < -0.4 is 20.1 Å². The van der Waals surface area contributed by atoms with Crippen LogP contribution in [0.15, 0.2) is 93.9 Å². The van der Waals surface area contributed by atoms with Gasteiger partial charge in [-0.05, 0) is 76.1 Å². The second kappa shape index (κ2) is 12.1. The first-order valence-corrected chi connectivity index (χ1v) is 14.1. The number of carbonyl (C=O) groups excluding carboxylic acids is 2. The highest BCUT2D eigenvalue weighted by Crippen LogP contribution is 2.32. The molecule has 8 heteroatoms. The highest BCUT2D eigenvalue weighted by atomic mass is 79.9. The topological polar surface area (TPSA) is 76.7 Å². The Morgan fingerprint density at radius 3 is 1.50 bits per heavy atom. The van der Waals surface area contributed by atoms with E-state index in [4.69, 9.17) is 9.47 Å². The van der Waals surface area contributed by atoms with Crippen molar-refractivity contribution < 1.29 is 19.1 Å². The summed E-state index contributed by atoms with van der Waals surface area (Å²) >= 11 is 7.00. The Balaban J connectivity index is 1.31. The maximum Gasteiger partial charge on any atom is 0.228 e. The average molecular weight is 662 g/mol. The molecule has 5 rings (SSSR count). The lowest BCUT2D eigenvalue weighted by Gasteiger charge is -2.14. The number of hydrogen-bond acceptors (Lipinski definition) is 4. The van der Waals surface area contributed by atoms with Crippen LogP contribution in [0.5, 0.6) is 11.5 Å². The Morgan fingerprint density at radius 2 is 1.07 bits per heavy atom. The van der Waals surface area contributed by atoms with Crippen molar-refractivity contribution in [1.82, 2.24) is 0 Å². The Kier molecular flexibility index (Phi) is 8.38. The van der Waals surface area contributed by atoms with Gasteiger partial charge in [0.1, 0.15) is 11.5 Å². The normalized spacial score (nSPS) is 10.9. The summed E-state index contributed by atoms with van der Waals surface area (Å²) in [6.07, 6.45) is 0.269. The van der Waals surface area contributed by atoms with E-state index in [0.29, 0.717) is 22.9 Å². The number of benzene rings is 5. The summed E-state index contributed by atoms with van der Waals surface area (Å²) in [7, 11) is 3.20. The summed E-state index contributed by atoms with van der Waals surface area (Å²) in [5.41, 5.74) is 2.78. The molecule has 0 aliphatic rings. The van der Waals surface area contributed by atoms with Gasteiger partial charge in [-0.25, -0.2) is 0 Å². The third-order valence-corrected chi connectivity index (χ3v) is 7.63. The van der Waals surface area contributed by atoms with E-state index in [-0.39, 0.29) is 24.7 Å². The van der Waals surface area contributed by atoms with Crippen LogP contribution in [0, 0.1) is 0 Å². The number of ether oxygens (including phenoxy) is 2. The third-order valence-electron chi connectivity index (χ3n) is 6.65. The molecule has 0 unspecified atom stereocenters. The maximum atomic E-state index is 13.1. The molecule has 0 atom stereocenters. The lowest BCUT2D eigenvalue weighted by molar-refractivity contribution is -0.116. The lowest BCUT2D eigenvalue weighted by Crippen LogP contribution is -2.17. The number of methoxy groups -OCH3 is 2. The molecule has 0 radical (unpaired) electrons. The summed E-state index contributed by atoms with van der Waals surface area (Å²) in [5, 5.41) is 9.83. The minimum Gasteiger partial charge on any atom is -0.496 e. The fourth-order valence-corrected chi connectivity index (χ4v) is 5.60. The number of hydrogen-bond donors (Lipinski definition) is 2. The molecule has 2 N–H and O–H groups in total. The molecule has 0 aliphatic heterocycles. The van der Waals surface area contributed by atoms with Crippen LogP contribution in [-0.4, -0.2) is 26.0 Å². The molecule has 0 saturated heterocycles. The molecule has 0 aliphatic carbocycles. The van der Waals surface area contributed by atoms with Crippen molar-refractivity contribution in [3.8, 4) is 11.5 Å². The fraction of sp³-hybridized carbons (Fsp3) is 0.125. The molecule has 6 nitrogen and oxygen atoms in total. The number of amides is 2. The van der Waals surface area contributed by atoms with Crippen LogP contribution in [-0.2, 0) is 22.4 Å². The molecule has 202 valence electrons. The fourth-order valence-electron chi connectivity index (χ4n) is 4.84. The minimum atomic E-state index is -0.191. The second-order valence-corrected chi connectivity index (χ2v) is 11.1. The quantitative estimate of drug-likeness (QED) is 0.177. The molecule has 40 heavy (non-hydrogen) atoms. The Hall–Kier alpha value is -3.88. The molecule has 0 heterocycles. The van der Waals surface area contributed by atoms with E-state index in [1.807, 2.05) is 60.7 Å². The van der Waals surface area contributed by atoms with Gasteiger partial charge in [0, 0.05) is 31.4 Å². The Bertz CT molecular complexity index is 1630. The van der Waals surface area contributed by atoms with Gasteiger partial charge in [-0.2, -0.15) is 0 Å². The van der Waals surface area contributed by atoms with Gasteiger partial charge in [0.05, 0.1) is 27.1 Å². The van der Waals surface area contributed by atoms with Crippen LogP contribution in [0.2, 0.25) is 0 Å². The number of rotatable bonds is 8. The molecule has 5 aromatic carbocycles. The van der Waals surface area contributed by atoms with Crippen LogP contribution in [0.1, 0.15) is 11.1 Å². The molecule has 0 fully saturated rings. The van der Waals surface area contributed by atoms with Gasteiger partial charge in [0.25, 0.3) is 0 Å². The first kappa shape index (κ1) is 27.7. The SMILES string of the molecule is COc1ccc2cc(Br)ccc2c1CC(=O)Nc1cccc(NC(=O)Cc2c(OC)ccc3cc(Br)ccc23)c1. The number of halogens is 2. The highest BCUT2D eigenvalue weighted by Gasteiger charge is 2.16. The van der Waals surface area contributed by atoms with Crippen LogP contribution in [0.3, 0.4) is 0 Å². The van der Waals surface area contributed by atoms with Crippen molar-refractivity contribution in [1.29, 1.82) is 0 Å². The van der Waals surface area contributed by atoms with E-state index in [9.17, 15) is 9.59 Å². The van der Waals surface area contributed by atoms with Crippen molar-refractivity contribution >= 4 is 76.6 Å². The van der Waals surface area contributed by atoms with E-state index in [2.05, 4.69) is 42.5 Å². The number of carbonyl (C=O) groups is 2. The molecule has 5 aromatic rings. The number of nitrogens with one attached hydrogen (secondary N) is 2. The molecule has 0 aromatic heterocycles. The molecular weight excluding hydrogens is 636 g/mol. The van der Waals surface area contributed by atoms with E-state index in [1.165, 1.54) is 0 Å². The molecule has 0 bridgehead atoms. The van der Waals surface area contributed by atoms with E-state index in [1.54, 1.807) is 38.5 Å². The smallest absolute Gasteiger partial charge is 0.228 e. The summed E-state index contributed by atoms with van der Waals surface area (Å²) in [4.78, 5) is 26.1. The second-order valence-electron chi connectivity index (χ2n) is 9.25.